The number of halogens is 1. The summed E-state index contributed by atoms with van der Waals surface area (Å²) < 4.78 is 47.6. The number of hydrogen-bond donors (Lipinski definition) is 2. The highest BCUT2D eigenvalue weighted by atomic mass is 32.2. The van der Waals surface area contributed by atoms with Crippen LogP contribution in [0.5, 0.6) is 0 Å². The molecule has 1 aliphatic rings. The van der Waals surface area contributed by atoms with E-state index in [1.165, 1.54) is 13.0 Å². The molecule has 1 atom stereocenters. The zero-order valence-corrected chi connectivity index (χ0v) is 26.2. The van der Waals surface area contributed by atoms with E-state index >= 15 is 0 Å². The third-order valence-electron chi connectivity index (χ3n) is 7.72. The van der Waals surface area contributed by atoms with Crippen LogP contribution in [0.15, 0.2) is 57.9 Å². The van der Waals surface area contributed by atoms with Gasteiger partial charge in [0, 0.05) is 24.6 Å². The maximum Gasteiger partial charge on any atom is 0.263 e. The van der Waals surface area contributed by atoms with Crippen LogP contribution in [0.3, 0.4) is 0 Å². The Morgan fingerprint density at radius 2 is 1.70 bits per heavy atom. The van der Waals surface area contributed by atoms with E-state index in [-0.39, 0.29) is 46.8 Å². The van der Waals surface area contributed by atoms with Crippen LogP contribution in [0.1, 0.15) is 64.7 Å². The summed E-state index contributed by atoms with van der Waals surface area (Å²) in [7, 11) is -4.20. The summed E-state index contributed by atoms with van der Waals surface area (Å²) in [6, 6.07) is 13.0. The minimum absolute atomic E-state index is 0.00203. The topological polar surface area (TPSA) is 122 Å². The number of carbonyl (C=O) groups excluding carboxylic acids is 2. The number of benzene rings is 2. The Hall–Kier alpha value is -3.73. The number of rotatable bonds is 12. The highest BCUT2D eigenvalue weighted by Crippen LogP contribution is 2.32. The number of hydrogen-bond acceptors (Lipinski definition) is 6. The Labute approximate surface area is 253 Å². The molecule has 11 heteroatoms. The Morgan fingerprint density at radius 3 is 2.28 bits per heavy atom. The van der Waals surface area contributed by atoms with Gasteiger partial charge in [-0.25, -0.2) is 8.42 Å². The molecule has 1 heterocycles. The van der Waals surface area contributed by atoms with Gasteiger partial charge in [0.05, 0.1) is 4.90 Å². The Bertz CT molecular complexity index is 1530. The molecule has 0 aliphatic heterocycles. The van der Waals surface area contributed by atoms with Gasteiger partial charge in [-0.3, -0.25) is 14.3 Å². The first-order chi connectivity index (χ1) is 20.4. The summed E-state index contributed by atoms with van der Waals surface area (Å²) in [6.45, 7) is 10.1. The van der Waals surface area contributed by atoms with Crippen molar-refractivity contribution in [2.75, 3.05) is 11.3 Å². The maximum absolute atomic E-state index is 14.2. The van der Waals surface area contributed by atoms with Gasteiger partial charge in [0.2, 0.25) is 23.4 Å². The summed E-state index contributed by atoms with van der Waals surface area (Å²) in [4.78, 5) is 28.8. The van der Waals surface area contributed by atoms with E-state index in [1.54, 1.807) is 35.2 Å². The molecule has 0 radical (unpaired) electrons. The number of aromatic nitrogens is 1. The number of carbonyl (C=O) groups is 2. The van der Waals surface area contributed by atoms with Crippen molar-refractivity contribution in [3.05, 3.63) is 65.7 Å². The number of nitrogens with one attached hydrogen (secondary N) is 2. The normalized spacial score (nSPS) is 14.7. The molecule has 1 unspecified atom stereocenters. The highest BCUT2D eigenvalue weighted by molar-refractivity contribution is 7.92. The van der Waals surface area contributed by atoms with Crippen LogP contribution < -0.4 is 10.0 Å². The first kappa shape index (κ1) is 32.2. The summed E-state index contributed by atoms with van der Waals surface area (Å²) >= 11 is 0. The van der Waals surface area contributed by atoms with Gasteiger partial charge in [-0.2, -0.15) is 4.39 Å². The van der Waals surface area contributed by atoms with Crippen molar-refractivity contribution in [3.8, 4) is 11.1 Å². The smallest absolute Gasteiger partial charge is 0.263 e. The molecule has 43 heavy (non-hydrogen) atoms. The van der Waals surface area contributed by atoms with Crippen molar-refractivity contribution >= 4 is 27.7 Å². The first-order valence-electron chi connectivity index (χ1n) is 14.8. The largest absolute Gasteiger partial charge is 0.356 e. The fourth-order valence-electron chi connectivity index (χ4n) is 5.47. The monoisotopic (exact) mass is 612 g/mol. The Balaban J connectivity index is 1.62. The number of amides is 2. The fraction of sp³-hybridized carbons (Fsp3) is 0.469. The van der Waals surface area contributed by atoms with Crippen LogP contribution in [0, 0.1) is 30.5 Å². The van der Waals surface area contributed by atoms with Crippen molar-refractivity contribution in [2.24, 2.45) is 17.8 Å². The average molecular weight is 613 g/mol. The Morgan fingerprint density at radius 1 is 1.05 bits per heavy atom. The van der Waals surface area contributed by atoms with Gasteiger partial charge in [0.1, 0.15) is 6.04 Å². The zero-order valence-electron chi connectivity index (χ0n) is 25.4. The molecule has 4 rings (SSSR count). The molecule has 232 valence electrons. The number of anilines is 1. The molecule has 1 fully saturated rings. The zero-order chi connectivity index (χ0) is 31.3. The van der Waals surface area contributed by atoms with Crippen molar-refractivity contribution in [1.82, 2.24) is 15.4 Å². The third-order valence-corrected chi connectivity index (χ3v) is 9.12. The number of nitrogens with zero attached hydrogens (tertiary/aromatic N) is 2. The van der Waals surface area contributed by atoms with Crippen molar-refractivity contribution < 1.29 is 26.9 Å². The molecule has 0 bridgehead atoms. The van der Waals surface area contributed by atoms with E-state index in [2.05, 4.69) is 15.2 Å². The van der Waals surface area contributed by atoms with Gasteiger partial charge in [-0.05, 0) is 48.8 Å². The van der Waals surface area contributed by atoms with Crippen LogP contribution in [0.4, 0.5) is 10.2 Å². The van der Waals surface area contributed by atoms with E-state index in [4.69, 9.17) is 4.52 Å². The second-order valence-electron chi connectivity index (χ2n) is 12.0. The summed E-state index contributed by atoms with van der Waals surface area (Å²) in [5.74, 6) is -1.58. The van der Waals surface area contributed by atoms with Crippen molar-refractivity contribution in [1.29, 1.82) is 0 Å². The lowest BCUT2D eigenvalue weighted by Gasteiger charge is -2.35. The molecule has 9 nitrogen and oxygen atoms in total. The molecule has 1 aromatic heterocycles. The van der Waals surface area contributed by atoms with Crippen LogP contribution in [-0.2, 0) is 26.2 Å². The molecule has 1 saturated carbocycles. The highest BCUT2D eigenvalue weighted by Gasteiger charge is 2.36. The third kappa shape index (κ3) is 7.62. The van der Waals surface area contributed by atoms with Crippen molar-refractivity contribution in [3.63, 3.8) is 0 Å². The predicted molar refractivity (Wildman–Crippen MR) is 163 cm³/mol. The Kier molecular flexibility index (Phi) is 10.3. The quantitative estimate of drug-likeness (QED) is 0.263. The molecule has 3 aromatic rings. The molecule has 2 amide bonds. The van der Waals surface area contributed by atoms with Gasteiger partial charge in [-0.1, -0.05) is 88.2 Å². The fourth-order valence-corrected chi connectivity index (χ4v) is 6.69. The second-order valence-corrected chi connectivity index (χ2v) is 13.6. The van der Waals surface area contributed by atoms with E-state index in [0.717, 1.165) is 31.2 Å². The van der Waals surface area contributed by atoms with E-state index < -0.39 is 27.7 Å². The minimum atomic E-state index is -4.20. The molecular weight excluding hydrogens is 571 g/mol. The van der Waals surface area contributed by atoms with Gasteiger partial charge in [-0.15, -0.1) is 0 Å². The lowest BCUT2D eigenvalue weighted by molar-refractivity contribution is -0.146. The summed E-state index contributed by atoms with van der Waals surface area (Å²) in [5, 5.41) is 6.49. The van der Waals surface area contributed by atoms with Gasteiger partial charge >= 0.3 is 0 Å². The van der Waals surface area contributed by atoms with Crippen LogP contribution in [0.25, 0.3) is 11.1 Å². The molecule has 0 spiro atoms. The van der Waals surface area contributed by atoms with Gasteiger partial charge in [0.15, 0.2) is 5.76 Å². The maximum atomic E-state index is 14.2. The summed E-state index contributed by atoms with van der Waals surface area (Å²) in [5.41, 5.74) is 1.84. The molecule has 2 N–H and O–H groups in total. The lowest BCUT2D eigenvalue weighted by Crippen LogP contribution is -2.53. The minimum Gasteiger partial charge on any atom is -0.356 e. The van der Waals surface area contributed by atoms with Gasteiger partial charge < -0.3 is 14.7 Å². The van der Waals surface area contributed by atoms with Gasteiger partial charge in [0.25, 0.3) is 10.0 Å². The van der Waals surface area contributed by atoms with Crippen LogP contribution >= 0.6 is 0 Å². The van der Waals surface area contributed by atoms with Crippen molar-refractivity contribution in [2.45, 2.75) is 77.8 Å². The second kappa shape index (κ2) is 13.7. The molecule has 2 aromatic carbocycles. The first-order valence-corrected chi connectivity index (χ1v) is 16.3. The summed E-state index contributed by atoms with van der Waals surface area (Å²) in [6.07, 6.45) is 3.66. The average Bonchev–Trinajstić information content (AvgIpc) is 3.62. The van der Waals surface area contributed by atoms with E-state index in [1.807, 2.05) is 39.8 Å². The van der Waals surface area contributed by atoms with Crippen LogP contribution in [0.2, 0.25) is 0 Å². The number of aryl methyl sites for hydroxylation is 1. The molecule has 0 saturated heterocycles. The molecule has 1 aliphatic carbocycles. The molecular formula is C32H41FN4O5S. The lowest BCUT2D eigenvalue weighted by atomic mass is 9.96. The SMILES string of the molecule is Cc1onc(NS(=O)(=O)c2ccccc2-c2ccc(CN(C(=O)C3CCCC3)C(C(=O)NCC(C)C)C(C)C)cc2)c1F. The van der Waals surface area contributed by atoms with Crippen LogP contribution in [-0.4, -0.2) is 42.9 Å². The van der Waals surface area contributed by atoms with E-state index in [0.29, 0.717) is 17.7 Å². The predicted octanol–water partition coefficient (Wildman–Crippen LogP) is 5.91. The standard InChI is InChI=1S/C32H41FN4O5S/c1-20(2)18-34-31(38)29(21(3)4)37(32(39)25-10-6-7-11-25)19-23-14-16-24(17-15-23)26-12-8-9-13-27(26)43(40,41)36-30-28(33)22(5)42-35-30/h8-9,12-17,20-21,25,29H,6-7,10-11,18-19H2,1-5H3,(H,34,38)(H,35,36). The van der Waals surface area contributed by atoms with E-state index in [9.17, 15) is 22.4 Å². The number of sulfonamides is 1.